The number of phosphoric ester groups is 1. The number of likely N-dealkylation sites (N-methyl/N-ethyl adjacent to an activating group) is 1. The van der Waals surface area contributed by atoms with Crippen LogP contribution in [0.4, 0.5) is 0 Å². The van der Waals surface area contributed by atoms with Gasteiger partial charge < -0.3 is 19.2 Å². The highest BCUT2D eigenvalue weighted by Crippen LogP contribution is 2.44. The van der Waals surface area contributed by atoms with Crippen LogP contribution in [0.25, 0.3) is 0 Å². The molecule has 0 rings (SSSR count). The Morgan fingerprint density at radius 3 is 1.79 bits per heavy atom. The summed E-state index contributed by atoms with van der Waals surface area (Å²) in [4.78, 5) is 21.8. The summed E-state index contributed by atoms with van der Waals surface area (Å²) < 4.78 is 27.6. The number of rotatable bonds is 28. The summed E-state index contributed by atoms with van der Waals surface area (Å²) in [5, 5.41) is 9.39. The number of aliphatic hydroxyl groups is 1. The van der Waals surface area contributed by atoms with Crippen LogP contribution in [0.1, 0.15) is 122 Å². The molecule has 0 aliphatic carbocycles. The summed E-state index contributed by atoms with van der Waals surface area (Å²) >= 11 is 0. The zero-order valence-electron chi connectivity index (χ0n) is 25.6. The zero-order chi connectivity index (χ0) is 29.2. The Labute approximate surface area is 239 Å². The van der Waals surface area contributed by atoms with E-state index < -0.39 is 26.5 Å². The SMILES string of the molecule is CCCCCCCC/C=C\CCCCCCCCCCCC(=O)OC[C@H](CO)OP(=O)(O)OCC[N+](C)(C)C. The second-order valence-electron chi connectivity index (χ2n) is 11.7. The lowest BCUT2D eigenvalue weighted by Gasteiger charge is -2.24. The maximum Gasteiger partial charge on any atom is 0.472 e. The molecule has 0 fully saturated rings. The molecule has 0 radical (unpaired) electrons. The number of hydrogen-bond acceptors (Lipinski definition) is 6. The van der Waals surface area contributed by atoms with E-state index in [4.69, 9.17) is 13.8 Å². The van der Waals surface area contributed by atoms with Gasteiger partial charge in [0.1, 0.15) is 25.9 Å². The van der Waals surface area contributed by atoms with Crippen LogP contribution in [0.5, 0.6) is 0 Å². The van der Waals surface area contributed by atoms with E-state index in [-0.39, 0.29) is 13.2 Å². The Morgan fingerprint density at radius 1 is 0.821 bits per heavy atom. The van der Waals surface area contributed by atoms with Crippen molar-refractivity contribution in [2.24, 2.45) is 0 Å². The molecule has 0 spiro atoms. The highest BCUT2D eigenvalue weighted by molar-refractivity contribution is 7.47. The fourth-order valence-electron chi connectivity index (χ4n) is 4.07. The molecule has 0 aromatic heterocycles. The molecule has 0 saturated carbocycles. The second-order valence-corrected chi connectivity index (χ2v) is 13.1. The Morgan fingerprint density at radius 2 is 1.31 bits per heavy atom. The molecule has 0 saturated heterocycles. The van der Waals surface area contributed by atoms with Crippen molar-refractivity contribution in [3.8, 4) is 0 Å². The fourth-order valence-corrected chi connectivity index (χ4v) is 4.95. The Balaban J connectivity index is 3.61. The van der Waals surface area contributed by atoms with Gasteiger partial charge >= 0.3 is 13.8 Å². The zero-order valence-corrected chi connectivity index (χ0v) is 26.5. The first-order chi connectivity index (χ1) is 18.6. The smallest absolute Gasteiger partial charge is 0.463 e. The van der Waals surface area contributed by atoms with Gasteiger partial charge in [-0.2, -0.15) is 0 Å². The van der Waals surface area contributed by atoms with Crippen molar-refractivity contribution in [2.45, 2.75) is 129 Å². The molecule has 0 aliphatic heterocycles. The molecule has 0 aromatic rings. The Kier molecular flexibility index (Phi) is 24.5. The number of carbonyl (C=O) groups excluding carboxylic acids is 1. The summed E-state index contributed by atoms with van der Waals surface area (Å²) in [6.45, 7) is 1.98. The molecule has 0 aromatic carbocycles. The second kappa shape index (κ2) is 25.0. The highest BCUT2D eigenvalue weighted by Gasteiger charge is 2.28. The highest BCUT2D eigenvalue weighted by atomic mass is 31.2. The maximum absolute atomic E-state index is 12.0. The average Bonchev–Trinajstić information content (AvgIpc) is 2.86. The number of ether oxygens (including phenoxy) is 1. The third-order valence-corrected chi connectivity index (χ3v) is 7.65. The number of carbonyl (C=O) groups is 1. The lowest BCUT2D eigenvalue weighted by molar-refractivity contribution is -0.870. The quantitative estimate of drug-likeness (QED) is 0.0329. The molecular formula is C30H61NO7P+. The fraction of sp³-hybridized carbons (Fsp3) is 0.900. The summed E-state index contributed by atoms with van der Waals surface area (Å²) in [5.74, 6) is -0.392. The van der Waals surface area contributed by atoms with E-state index in [1.165, 1.54) is 89.9 Å². The summed E-state index contributed by atoms with van der Waals surface area (Å²) in [6.07, 6.45) is 25.0. The van der Waals surface area contributed by atoms with Crippen LogP contribution in [0.15, 0.2) is 12.2 Å². The molecule has 1 unspecified atom stereocenters. The van der Waals surface area contributed by atoms with E-state index >= 15 is 0 Å². The molecule has 0 bridgehead atoms. The van der Waals surface area contributed by atoms with Gasteiger partial charge in [0, 0.05) is 6.42 Å². The number of allylic oxidation sites excluding steroid dienone is 2. The van der Waals surface area contributed by atoms with E-state index in [2.05, 4.69) is 19.1 Å². The summed E-state index contributed by atoms with van der Waals surface area (Å²) in [5.41, 5.74) is 0. The molecule has 39 heavy (non-hydrogen) atoms. The minimum absolute atomic E-state index is 0.0339. The number of esters is 1. The van der Waals surface area contributed by atoms with Gasteiger partial charge in [0.2, 0.25) is 0 Å². The molecule has 232 valence electrons. The molecule has 2 N–H and O–H groups in total. The van der Waals surface area contributed by atoms with Crippen LogP contribution in [0.3, 0.4) is 0 Å². The van der Waals surface area contributed by atoms with Gasteiger partial charge in [0.25, 0.3) is 0 Å². The van der Waals surface area contributed by atoms with Gasteiger partial charge in [0.05, 0.1) is 27.7 Å². The predicted molar refractivity (Wildman–Crippen MR) is 160 cm³/mol. The van der Waals surface area contributed by atoms with Crippen molar-refractivity contribution in [1.29, 1.82) is 0 Å². The Bertz CT molecular complexity index is 652. The van der Waals surface area contributed by atoms with Gasteiger partial charge in [-0.15, -0.1) is 0 Å². The number of phosphoric acid groups is 1. The van der Waals surface area contributed by atoms with Crippen molar-refractivity contribution in [3.05, 3.63) is 12.2 Å². The molecule has 2 atom stereocenters. The van der Waals surface area contributed by atoms with Gasteiger partial charge in [-0.05, 0) is 32.1 Å². The van der Waals surface area contributed by atoms with E-state index in [0.29, 0.717) is 17.4 Å². The lowest BCUT2D eigenvalue weighted by atomic mass is 10.1. The van der Waals surface area contributed by atoms with Crippen molar-refractivity contribution >= 4 is 13.8 Å². The van der Waals surface area contributed by atoms with Crippen LogP contribution < -0.4 is 0 Å². The molecule has 0 heterocycles. The van der Waals surface area contributed by atoms with E-state index in [1.807, 2.05) is 21.1 Å². The lowest BCUT2D eigenvalue weighted by Crippen LogP contribution is -2.37. The van der Waals surface area contributed by atoms with Crippen molar-refractivity contribution < 1.29 is 37.6 Å². The van der Waals surface area contributed by atoms with E-state index in [0.717, 1.165) is 19.3 Å². The molecule has 0 amide bonds. The standard InChI is InChI=1S/C30H60NO7P/c1-5-6-7-8-9-10-11-12-13-14-15-16-17-18-19-20-21-22-23-24-30(33)36-28-29(27-32)38-39(34,35)37-26-25-31(2,3)4/h12-13,29,32H,5-11,14-28H2,1-4H3/p+1/b13-12-/t29-/m0/s1. The first-order valence-electron chi connectivity index (χ1n) is 15.5. The van der Waals surface area contributed by atoms with Crippen LogP contribution in [-0.4, -0.2) is 74.1 Å². The number of hydrogen-bond donors (Lipinski definition) is 2. The summed E-state index contributed by atoms with van der Waals surface area (Å²) in [7, 11) is 1.46. The van der Waals surface area contributed by atoms with Gasteiger partial charge in [-0.1, -0.05) is 96.1 Å². The minimum Gasteiger partial charge on any atom is -0.463 e. The third kappa shape index (κ3) is 28.6. The van der Waals surface area contributed by atoms with Crippen molar-refractivity contribution in [2.75, 3.05) is 47.5 Å². The molecule has 8 nitrogen and oxygen atoms in total. The van der Waals surface area contributed by atoms with E-state index in [9.17, 15) is 19.4 Å². The average molecular weight is 579 g/mol. The maximum atomic E-state index is 12.0. The number of aliphatic hydroxyl groups excluding tert-OH is 1. The largest absolute Gasteiger partial charge is 0.472 e. The summed E-state index contributed by atoms with van der Waals surface area (Å²) in [6, 6.07) is 0. The van der Waals surface area contributed by atoms with E-state index in [1.54, 1.807) is 0 Å². The molecule has 0 aliphatic rings. The predicted octanol–water partition coefficient (Wildman–Crippen LogP) is 7.33. The first-order valence-corrected chi connectivity index (χ1v) is 17.0. The number of quaternary nitrogens is 1. The molecular weight excluding hydrogens is 517 g/mol. The van der Waals surface area contributed by atoms with Gasteiger partial charge in [-0.3, -0.25) is 13.8 Å². The van der Waals surface area contributed by atoms with Crippen molar-refractivity contribution in [1.82, 2.24) is 0 Å². The normalized spacial score (nSPS) is 14.5. The third-order valence-electron chi connectivity index (χ3n) is 6.58. The van der Waals surface area contributed by atoms with Crippen molar-refractivity contribution in [3.63, 3.8) is 0 Å². The topological polar surface area (TPSA) is 102 Å². The minimum atomic E-state index is -4.33. The van der Waals surface area contributed by atoms with Crippen LogP contribution >= 0.6 is 7.82 Å². The molecule has 9 heteroatoms. The van der Waals surface area contributed by atoms with Gasteiger partial charge in [-0.25, -0.2) is 4.57 Å². The van der Waals surface area contributed by atoms with Crippen LogP contribution in [0, 0.1) is 0 Å². The number of nitrogens with zero attached hydrogens (tertiary/aromatic N) is 1. The first kappa shape index (κ1) is 38.2. The number of unbranched alkanes of at least 4 members (excludes halogenated alkanes) is 15. The van der Waals surface area contributed by atoms with Crippen LogP contribution in [0.2, 0.25) is 0 Å². The van der Waals surface area contributed by atoms with Gasteiger partial charge in [0.15, 0.2) is 0 Å². The monoisotopic (exact) mass is 578 g/mol. The van der Waals surface area contributed by atoms with Crippen LogP contribution in [-0.2, 0) is 23.1 Å². The Hall–Kier alpha value is -0.760.